The first-order valence-corrected chi connectivity index (χ1v) is 12.8. The van der Waals surface area contributed by atoms with Gasteiger partial charge >= 0.3 is 11.9 Å². The number of amides is 1. The predicted molar refractivity (Wildman–Crippen MR) is 137 cm³/mol. The number of hydrogen-bond donors (Lipinski definition) is 1. The number of benzene rings is 2. The Hall–Kier alpha value is -3.27. The first-order chi connectivity index (χ1) is 17.0. The van der Waals surface area contributed by atoms with Crippen LogP contribution in [0.2, 0.25) is 0 Å². The molecular formula is C26H24N2O5S2. The second-order valence-electron chi connectivity index (χ2n) is 7.65. The number of β-lactam (4-membered cyclic amide) rings is 1. The second kappa shape index (κ2) is 11.4. The molecule has 2 heterocycles. The summed E-state index contributed by atoms with van der Waals surface area (Å²) < 4.78 is 11.0. The van der Waals surface area contributed by atoms with Crippen LogP contribution in [0.4, 0.5) is 0 Å². The van der Waals surface area contributed by atoms with Crippen LogP contribution in [0.1, 0.15) is 17.2 Å². The molecule has 180 valence electrons. The number of hydrogen-bond acceptors (Lipinski definition) is 8. The lowest BCUT2D eigenvalue weighted by Gasteiger charge is -2.48. The summed E-state index contributed by atoms with van der Waals surface area (Å²) in [7, 11) is 0. The molecule has 1 saturated heterocycles. The fraction of sp³-hybridized carbons (Fsp3) is 0.192. The van der Waals surface area contributed by atoms with E-state index in [-0.39, 0.29) is 23.6 Å². The van der Waals surface area contributed by atoms with E-state index in [9.17, 15) is 14.4 Å². The summed E-state index contributed by atoms with van der Waals surface area (Å²) in [5, 5.41) is 1.20. The van der Waals surface area contributed by atoms with Crippen LogP contribution in [0.15, 0.2) is 95.4 Å². The van der Waals surface area contributed by atoms with Gasteiger partial charge in [-0.25, -0.2) is 9.59 Å². The molecule has 0 aliphatic carbocycles. The lowest BCUT2D eigenvalue weighted by molar-refractivity contribution is -0.152. The third-order valence-electron chi connectivity index (χ3n) is 5.36. The average molecular weight is 509 g/mol. The molecular weight excluding hydrogens is 484 g/mol. The van der Waals surface area contributed by atoms with Crippen LogP contribution >= 0.6 is 23.5 Å². The van der Waals surface area contributed by atoms with Crippen molar-refractivity contribution in [2.45, 2.75) is 17.5 Å². The summed E-state index contributed by atoms with van der Waals surface area (Å²) >= 11 is 2.64. The fourth-order valence-electron chi connectivity index (χ4n) is 3.68. The number of carbonyl (C=O) groups excluding carboxylic acids is 3. The van der Waals surface area contributed by atoms with Crippen LogP contribution < -0.4 is 5.73 Å². The van der Waals surface area contributed by atoms with Crippen molar-refractivity contribution in [1.82, 2.24) is 4.90 Å². The summed E-state index contributed by atoms with van der Waals surface area (Å²) in [5.74, 6) is -1.04. The number of ether oxygens (including phenoxy) is 2. The standard InChI is InChI=1S/C26H24N2O5S2/c1-2-14-32-20(29)13-15-34-19-16-35-25-21(27)24(30)28(25)22(19)26(31)33-23(17-9-5-3-6-10-17)18-11-7-4-8-12-18/h2-13,15,21,23,25H,1,14,16,27H2/b15-13-/t21-,25+/m1/s1. The Morgan fingerprint density at radius 3 is 2.37 bits per heavy atom. The highest BCUT2D eigenvalue weighted by molar-refractivity contribution is 8.08. The van der Waals surface area contributed by atoms with Crippen molar-refractivity contribution in [3.63, 3.8) is 0 Å². The molecule has 2 atom stereocenters. The number of rotatable bonds is 9. The van der Waals surface area contributed by atoms with Gasteiger partial charge < -0.3 is 15.2 Å². The van der Waals surface area contributed by atoms with Gasteiger partial charge in [0.05, 0.1) is 0 Å². The zero-order valence-electron chi connectivity index (χ0n) is 18.7. The van der Waals surface area contributed by atoms with E-state index in [1.807, 2.05) is 60.7 Å². The smallest absolute Gasteiger partial charge is 0.356 e. The van der Waals surface area contributed by atoms with Gasteiger partial charge in [-0.05, 0) is 16.5 Å². The highest BCUT2D eigenvalue weighted by atomic mass is 32.2. The van der Waals surface area contributed by atoms with Gasteiger partial charge in [-0.2, -0.15) is 0 Å². The molecule has 0 saturated carbocycles. The Labute approximate surface area is 212 Å². The minimum absolute atomic E-state index is 0.103. The van der Waals surface area contributed by atoms with Crippen molar-refractivity contribution in [3.05, 3.63) is 107 Å². The van der Waals surface area contributed by atoms with Crippen molar-refractivity contribution < 1.29 is 23.9 Å². The summed E-state index contributed by atoms with van der Waals surface area (Å²) in [6, 6.07) is 18.2. The Morgan fingerprint density at radius 1 is 1.14 bits per heavy atom. The third-order valence-corrected chi connectivity index (χ3v) is 7.73. The first-order valence-electron chi connectivity index (χ1n) is 10.9. The lowest BCUT2D eigenvalue weighted by Crippen LogP contribution is -2.68. The van der Waals surface area contributed by atoms with Gasteiger partial charge in [-0.3, -0.25) is 9.69 Å². The molecule has 1 fully saturated rings. The average Bonchev–Trinajstić information content (AvgIpc) is 2.90. The molecule has 2 aliphatic heterocycles. The number of fused-ring (bicyclic) bond motifs is 1. The van der Waals surface area contributed by atoms with Crippen LogP contribution in [0, 0.1) is 0 Å². The maximum atomic E-state index is 13.6. The van der Waals surface area contributed by atoms with Gasteiger partial charge in [0.2, 0.25) is 5.91 Å². The minimum Gasteiger partial charge on any atom is -0.458 e. The molecule has 35 heavy (non-hydrogen) atoms. The number of nitrogens with two attached hydrogens (primary N) is 1. The van der Waals surface area contributed by atoms with Gasteiger partial charge in [0, 0.05) is 16.7 Å². The Kier molecular flexibility index (Phi) is 8.12. The number of esters is 2. The number of nitrogens with zero attached hydrogens (tertiary/aromatic N) is 1. The molecule has 1 amide bonds. The van der Waals surface area contributed by atoms with Crippen LogP contribution in [0.3, 0.4) is 0 Å². The molecule has 7 nitrogen and oxygen atoms in total. The van der Waals surface area contributed by atoms with Gasteiger partial charge in [0.15, 0.2) is 6.10 Å². The fourth-order valence-corrected chi connectivity index (χ4v) is 5.93. The molecule has 0 radical (unpaired) electrons. The minimum atomic E-state index is -0.669. The maximum Gasteiger partial charge on any atom is 0.356 e. The van der Waals surface area contributed by atoms with Crippen molar-refractivity contribution in [2.75, 3.05) is 12.4 Å². The van der Waals surface area contributed by atoms with Crippen LogP contribution in [-0.4, -0.2) is 46.5 Å². The zero-order chi connectivity index (χ0) is 24.8. The molecule has 0 aromatic heterocycles. The summed E-state index contributed by atoms with van der Waals surface area (Å²) in [6.07, 6.45) is 2.08. The van der Waals surface area contributed by atoms with Crippen molar-refractivity contribution in [1.29, 1.82) is 0 Å². The lowest BCUT2D eigenvalue weighted by atomic mass is 10.0. The monoisotopic (exact) mass is 508 g/mol. The maximum absolute atomic E-state index is 13.6. The van der Waals surface area contributed by atoms with E-state index >= 15 is 0 Å². The van der Waals surface area contributed by atoms with Gasteiger partial charge in [0.1, 0.15) is 23.7 Å². The largest absolute Gasteiger partial charge is 0.458 e. The molecule has 2 N–H and O–H groups in total. The second-order valence-corrected chi connectivity index (χ2v) is 9.76. The highest BCUT2D eigenvalue weighted by Gasteiger charge is 2.52. The van der Waals surface area contributed by atoms with Crippen LogP contribution in [0.5, 0.6) is 0 Å². The van der Waals surface area contributed by atoms with E-state index in [0.29, 0.717) is 10.7 Å². The topological polar surface area (TPSA) is 98.9 Å². The van der Waals surface area contributed by atoms with E-state index in [0.717, 1.165) is 11.1 Å². The van der Waals surface area contributed by atoms with E-state index in [4.69, 9.17) is 15.2 Å². The Balaban J connectivity index is 1.63. The molecule has 9 heteroatoms. The Bertz CT molecular complexity index is 1130. The quantitative estimate of drug-likeness (QED) is 0.237. The van der Waals surface area contributed by atoms with Crippen LogP contribution in [-0.2, 0) is 23.9 Å². The van der Waals surface area contributed by atoms with Crippen molar-refractivity contribution in [2.24, 2.45) is 5.73 Å². The van der Waals surface area contributed by atoms with Crippen molar-refractivity contribution >= 4 is 41.4 Å². The van der Waals surface area contributed by atoms with E-state index in [1.165, 1.54) is 46.0 Å². The molecule has 2 aromatic rings. The number of thioether (sulfide) groups is 2. The molecule has 2 aliphatic rings. The van der Waals surface area contributed by atoms with Gasteiger partial charge in [-0.1, -0.05) is 85.1 Å². The van der Waals surface area contributed by atoms with E-state index in [1.54, 1.807) is 0 Å². The first kappa shape index (κ1) is 24.8. The van der Waals surface area contributed by atoms with Gasteiger partial charge in [0.25, 0.3) is 0 Å². The molecule has 0 bridgehead atoms. The normalized spacial score (nSPS) is 19.4. The summed E-state index contributed by atoms with van der Waals surface area (Å²) in [6.45, 7) is 3.61. The summed E-state index contributed by atoms with van der Waals surface area (Å²) in [5.41, 5.74) is 7.75. The number of carbonyl (C=O) groups is 3. The van der Waals surface area contributed by atoms with Crippen LogP contribution in [0.25, 0.3) is 0 Å². The molecule has 2 aromatic carbocycles. The zero-order valence-corrected chi connectivity index (χ0v) is 20.4. The summed E-state index contributed by atoms with van der Waals surface area (Å²) in [4.78, 5) is 40.0. The third kappa shape index (κ3) is 5.53. The molecule has 0 spiro atoms. The predicted octanol–water partition coefficient (Wildman–Crippen LogP) is 3.75. The van der Waals surface area contributed by atoms with E-state index < -0.39 is 24.1 Å². The van der Waals surface area contributed by atoms with Gasteiger partial charge in [-0.15, -0.1) is 11.8 Å². The molecule has 0 unspecified atom stereocenters. The molecule has 4 rings (SSSR count). The van der Waals surface area contributed by atoms with Crippen molar-refractivity contribution in [3.8, 4) is 0 Å². The highest BCUT2D eigenvalue weighted by Crippen LogP contribution is 2.44. The van der Waals surface area contributed by atoms with E-state index in [2.05, 4.69) is 6.58 Å². The Morgan fingerprint density at radius 2 is 1.77 bits per heavy atom. The SMILES string of the molecule is C=CCOC(=O)/C=C\SC1=C(C(=O)OC(c2ccccc2)c2ccccc2)N2C(=O)[C@@H](N)[C@@H]2SC1.